The van der Waals surface area contributed by atoms with E-state index in [1.807, 2.05) is 31.2 Å². The highest BCUT2D eigenvalue weighted by atomic mass is 19.1. The molecule has 0 saturated heterocycles. The van der Waals surface area contributed by atoms with Gasteiger partial charge in [-0.3, -0.25) is 0 Å². The van der Waals surface area contributed by atoms with Crippen molar-refractivity contribution in [3.8, 4) is 11.8 Å². The fourth-order valence-corrected chi connectivity index (χ4v) is 1.96. The van der Waals surface area contributed by atoms with Gasteiger partial charge < -0.3 is 10.1 Å². The van der Waals surface area contributed by atoms with Crippen LogP contribution in [-0.4, -0.2) is 7.11 Å². The lowest BCUT2D eigenvalue weighted by Crippen LogP contribution is -2.04. The van der Waals surface area contributed by atoms with Crippen LogP contribution in [0.15, 0.2) is 36.4 Å². The number of nitriles is 1. The molecule has 2 aromatic carbocycles. The molecule has 2 rings (SSSR count). The zero-order valence-electron chi connectivity index (χ0n) is 11.4. The number of nitrogens with one attached hydrogen (secondary N) is 1. The van der Waals surface area contributed by atoms with Crippen LogP contribution >= 0.6 is 0 Å². The first-order valence-corrected chi connectivity index (χ1v) is 6.21. The molecule has 0 aliphatic carbocycles. The summed E-state index contributed by atoms with van der Waals surface area (Å²) in [6.07, 6.45) is 0. The SMILES string of the molecule is COc1ccc(C)cc1CNc1ccc(C#N)cc1F. The van der Waals surface area contributed by atoms with E-state index < -0.39 is 5.82 Å². The molecule has 0 aromatic heterocycles. The molecule has 20 heavy (non-hydrogen) atoms. The number of aryl methyl sites for hydroxylation is 1. The van der Waals surface area contributed by atoms with Crippen molar-refractivity contribution < 1.29 is 9.13 Å². The molecule has 1 N–H and O–H groups in total. The molecule has 0 radical (unpaired) electrons. The molecule has 4 heteroatoms. The van der Waals surface area contributed by atoms with E-state index in [9.17, 15) is 4.39 Å². The second kappa shape index (κ2) is 6.07. The lowest BCUT2D eigenvalue weighted by Gasteiger charge is -2.12. The summed E-state index contributed by atoms with van der Waals surface area (Å²) in [7, 11) is 1.61. The molecule has 0 amide bonds. The fourth-order valence-electron chi connectivity index (χ4n) is 1.96. The smallest absolute Gasteiger partial charge is 0.147 e. The van der Waals surface area contributed by atoms with Crippen LogP contribution < -0.4 is 10.1 Å². The van der Waals surface area contributed by atoms with Crippen molar-refractivity contribution in [2.45, 2.75) is 13.5 Å². The van der Waals surface area contributed by atoms with Crippen LogP contribution in [0.5, 0.6) is 5.75 Å². The molecule has 0 spiro atoms. The second-order valence-corrected chi connectivity index (χ2v) is 4.48. The molecule has 0 aliphatic rings. The number of anilines is 1. The Balaban J connectivity index is 2.17. The molecule has 2 aromatic rings. The van der Waals surface area contributed by atoms with Crippen molar-refractivity contribution in [3.63, 3.8) is 0 Å². The third-order valence-corrected chi connectivity index (χ3v) is 3.00. The Kier molecular flexibility index (Phi) is 4.21. The Morgan fingerprint density at radius 3 is 2.70 bits per heavy atom. The van der Waals surface area contributed by atoms with Crippen molar-refractivity contribution in [2.24, 2.45) is 0 Å². The van der Waals surface area contributed by atoms with Crippen LogP contribution in [0.4, 0.5) is 10.1 Å². The van der Waals surface area contributed by atoms with Gasteiger partial charge in [-0.05, 0) is 31.2 Å². The Morgan fingerprint density at radius 2 is 2.05 bits per heavy atom. The Labute approximate surface area is 117 Å². The maximum absolute atomic E-state index is 13.8. The summed E-state index contributed by atoms with van der Waals surface area (Å²) in [5.74, 6) is 0.327. The number of hydrogen-bond acceptors (Lipinski definition) is 3. The van der Waals surface area contributed by atoms with E-state index in [1.54, 1.807) is 19.2 Å². The maximum atomic E-state index is 13.8. The summed E-state index contributed by atoms with van der Waals surface area (Å²) in [4.78, 5) is 0. The molecule has 0 atom stereocenters. The predicted octanol–water partition coefficient (Wildman–Crippen LogP) is 3.63. The van der Waals surface area contributed by atoms with Gasteiger partial charge in [-0.1, -0.05) is 17.7 Å². The zero-order chi connectivity index (χ0) is 14.5. The molecule has 0 aliphatic heterocycles. The minimum atomic E-state index is -0.435. The highest BCUT2D eigenvalue weighted by Crippen LogP contribution is 2.22. The van der Waals surface area contributed by atoms with E-state index in [1.165, 1.54) is 6.07 Å². The number of rotatable bonds is 4. The van der Waals surface area contributed by atoms with E-state index in [4.69, 9.17) is 10.00 Å². The molecule has 0 heterocycles. The third kappa shape index (κ3) is 3.07. The van der Waals surface area contributed by atoms with Gasteiger partial charge in [-0.25, -0.2) is 4.39 Å². The lowest BCUT2D eigenvalue weighted by atomic mass is 10.1. The first kappa shape index (κ1) is 13.9. The first-order chi connectivity index (χ1) is 9.63. The van der Waals surface area contributed by atoms with Crippen molar-refractivity contribution >= 4 is 5.69 Å². The van der Waals surface area contributed by atoms with Crippen LogP contribution in [0.1, 0.15) is 16.7 Å². The summed E-state index contributed by atoms with van der Waals surface area (Å²) in [5.41, 5.74) is 2.74. The van der Waals surface area contributed by atoms with Crippen LogP contribution in [0, 0.1) is 24.1 Å². The number of nitrogens with zero attached hydrogens (tertiary/aromatic N) is 1. The maximum Gasteiger partial charge on any atom is 0.147 e. The van der Waals surface area contributed by atoms with Gasteiger partial charge in [0.1, 0.15) is 11.6 Å². The number of ether oxygens (including phenoxy) is 1. The predicted molar refractivity (Wildman–Crippen MR) is 76.2 cm³/mol. The van der Waals surface area contributed by atoms with Crippen molar-refractivity contribution in [3.05, 3.63) is 58.9 Å². The van der Waals surface area contributed by atoms with Crippen LogP contribution in [0.25, 0.3) is 0 Å². The van der Waals surface area contributed by atoms with Crippen LogP contribution in [0.2, 0.25) is 0 Å². The van der Waals surface area contributed by atoms with Crippen molar-refractivity contribution in [1.82, 2.24) is 0 Å². The summed E-state index contributed by atoms with van der Waals surface area (Å²) in [5, 5.41) is 11.7. The number of methoxy groups -OCH3 is 1. The second-order valence-electron chi connectivity index (χ2n) is 4.48. The van der Waals surface area contributed by atoms with Gasteiger partial charge in [0.15, 0.2) is 0 Å². The topological polar surface area (TPSA) is 45.0 Å². The molecule has 0 bridgehead atoms. The Bertz CT molecular complexity index is 662. The summed E-state index contributed by atoms with van der Waals surface area (Å²) in [6, 6.07) is 12.1. The van der Waals surface area contributed by atoms with Crippen LogP contribution in [0.3, 0.4) is 0 Å². The summed E-state index contributed by atoms with van der Waals surface area (Å²) >= 11 is 0. The van der Waals surface area contributed by atoms with Gasteiger partial charge in [-0.15, -0.1) is 0 Å². The molecule has 0 unspecified atom stereocenters. The monoisotopic (exact) mass is 270 g/mol. The number of halogens is 1. The normalized spacial score (nSPS) is 9.90. The van der Waals surface area contributed by atoms with E-state index in [-0.39, 0.29) is 0 Å². The molecular formula is C16H15FN2O. The molecule has 0 fully saturated rings. The Morgan fingerprint density at radius 1 is 1.25 bits per heavy atom. The molecule has 3 nitrogen and oxygen atoms in total. The summed E-state index contributed by atoms with van der Waals surface area (Å²) in [6.45, 7) is 2.44. The van der Waals surface area contributed by atoms with E-state index in [2.05, 4.69) is 5.32 Å². The van der Waals surface area contributed by atoms with E-state index >= 15 is 0 Å². The summed E-state index contributed by atoms with van der Waals surface area (Å²) < 4.78 is 19.0. The third-order valence-electron chi connectivity index (χ3n) is 3.00. The van der Waals surface area contributed by atoms with Crippen molar-refractivity contribution in [2.75, 3.05) is 12.4 Å². The zero-order valence-corrected chi connectivity index (χ0v) is 11.4. The molecule has 0 saturated carbocycles. The largest absolute Gasteiger partial charge is 0.496 e. The number of benzene rings is 2. The quantitative estimate of drug-likeness (QED) is 0.922. The lowest BCUT2D eigenvalue weighted by molar-refractivity contribution is 0.410. The van der Waals surface area contributed by atoms with Gasteiger partial charge in [0.2, 0.25) is 0 Å². The standard InChI is InChI=1S/C16H15FN2O/c1-11-3-6-16(20-2)13(7-11)10-19-15-5-4-12(9-18)8-14(15)17/h3-8,19H,10H2,1-2H3. The highest BCUT2D eigenvalue weighted by molar-refractivity contribution is 5.50. The van der Waals surface area contributed by atoms with E-state index in [0.717, 1.165) is 16.9 Å². The minimum Gasteiger partial charge on any atom is -0.496 e. The first-order valence-electron chi connectivity index (χ1n) is 6.21. The van der Waals surface area contributed by atoms with Crippen molar-refractivity contribution in [1.29, 1.82) is 5.26 Å². The van der Waals surface area contributed by atoms with Crippen LogP contribution in [-0.2, 0) is 6.54 Å². The van der Waals surface area contributed by atoms with Gasteiger partial charge in [0.05, 0.1) is 24.4 Å². The highest BCUT2D eigenvalue weighted by Gasteiger charge is 2.06. The average Bonchev–Trinajstić information content (AvgIpc) is 2.46. The van der Waals surface area contributed by atoms with Gasteiger partial charge in [0.25, 0.3) is 0 Å². The Hall–Kier alpha value is -2.54. The average molecular weight is 270 g/mol. The molecular weight excluding hydrogens is 255 g/mol. The van der Waals surface area contributed by atoms with Gasteiger partial charge in [0, 0.05) is 12.1 Å². The fraction of sp³-hybridized carbons (Fsp3) is 0.188. The van der Waals surface area contributed by atoms with E-state index in [0.29, 0.717) is 17.8 Å². The van der Waals surface area contributed by atoms with Gasteiger partial charge in [-0.2, -0.15) is 5.26 Å². The van der Waals surface area contributed by atoms with Gasteiger partial charge >= 0.3 is 0 Å². The number of hydrogen-bond donors (Lipinski definition) is 1. The molecule has 102 valence electrons. The minimum absolute atomic E-state index is 0.307.